The Labute approximate surface area is 180 Å². The van der Waals surface area contributed by atoms with E-state index in [0.29, 0.717) is 18.1 Å². The molecule has 1 fully saturated rings. The monoisotopic (exact) mass is 502 g/mol. The number of hydrogen-bond acceptors (Lipinski definition) is 3. The molecule has 0 aliphatic carbocycles. The maximum absolute atomic E-state index is 13.4. The summed E-state index contributed by atoms with van der Waals surface area (Å²) in [7, 11) is 1.69. The first-order valence-electron chi connectivity index (χ1n) is 9.00. The highest BCUT2D eigenvalue weighted by Gasteiger charge is 2.20. The third-order valence-corrected chi connectivity index (χ3v) is 4.70. The molecule has 0 atom stereocenters. The van der Waals surface area contributed by atoms with Crippen LogP contribution >= 0.6 is 24.0 Å². The summed E-state index contributed by atoms with van der Waals surface area (Å²) in [5.41, 5.74) is 1.62. The smallest absolute Gasteiger partial charge is 0.191 e. The standard InChI is InChI=1S/C20H24F2N4O.HI/c1-23-20(24-13-14-5-6-19(27)18(22)11-14)25-16-7-9-26(10-8-16)17-4-2-3-15(21)12-17;/h2-6,11-12,16,27H,7-10,13H2,1H3,(H2,23,24,25);1H. The van der Waals surface area contributed by atoms with Gasteiger partial charge in [-0.25, -0.2) is 8.78 Å². The largest absolute Gasteiger partial charge is 0.505 e. The third kappa shape index (κ3) is 5.95. The summed E-state index contributed by atoms with van der Waals surface area (Å²) in [4.78, 5) is 6.39. The number of nitrogens with zero attached hydrogens (tertiary/aromatic N) is 2. The molecule has 0 unspecified atom stereocenters. The van der Waals surface area contributed by atoms with Crippen molar-refractivity contribution in [1.29, 1.82) is 0 Å². The zero-order chi connectivity index (χ0) is 19.2. The van der Waals surface area contributed by atoms with E-state index in [4.69, 9.17) is 0 Å². The fourth-order valence-electron chi connectivity index (χ4n) is 3.19. The molecular formula is C20H25F2IN4O. The van der Waals surface area contributed by atoms with Crippen LogP contribution in [0.1, 0.15) is 18.4 Å². The third-order valence-electron chi connectivity index (χ3n) is 4.70. The van der Waals surface area contributed by atoms with Gasteiger partial charge >= 0.3 is 0 Å². The van der Waals surface area contributed by atoms with E-state index in [-0.39, 0.29) is 41.6 Å². The Morgan fingerprint density at radius 3 is 2.57 bits per heavy atom. The maximum Gasteiger partial charge on any atom is 0.191 e. The van der Waals surface area contributed by atoms with E-state index in [0.717, 1.165) is 31.6 Å². The second kappa shape index (κ2) is 10.4. The van der Waals surface area contributed by atoms with Gasteiger partial charge in [0, 0.05) is 38.4 Å². The summed E-state index contributed by atoms with van der Waals surface area (Å²) < 4.78 is 26.8. The van der Waals surface area contributed by atoms with E-state index < -0.39 is 5.82 Å². The number of nitrogens with one attached hydrogen (secondary N) is 2. The Kier molecular flexibility index (Phi) is 8.28. The van der Waals surface area contributed by atoms with Crippen molar-refractivity contribution in [3.63, 3.8) is 0 Å². The van der Waals surface area contributed by atoms with Crippen molar-refractivity contribution in [1.82, 2.24) is 10.6 Å². The highest BCUT2D eigenvalue weighted by atomic mass is 127. The first-order valence-corrected chi connectivity index (χ1v) is 9.00. The molecule has 5 nitrogen and oxygen atoms in total. The van der Waals surface area contributed by atoms with Crippen LogP contribution in [0.15, 0.2) is 47.5 Å². The molecule has 0 radical (unpaired) electrons. The lowest BCUT2D eigenvalue weighted by atomic mass is 10.0. The van der Waals surface area contributed by atoms with Crippen molar-refractivity contribution in [2.24, 2.45) is 4.99 Å². The fourth-order valence-corrected chi connectivity index (χ4v) is 3.19. The van der Waals surface area contributed by atoms with Gasteiger partial charge in [0.05, 0.1) is 0 Å². The Bertz CT molecular complexity index is 811. The zero-order valence-corrected chi connectivity index (χ0v) is 18.0. The number of piperidine rings is 1. The number of aromatic hydroxyl groups is 1. The van der Waals surface area contributed by atoms with E-state index in [2.05, 4.69) is 20.5 Å². The van der Waals surface area contributed by atoms with Gasteiger partial charge in [-0.2, -0.15) is 0 Å². The van der Waals surface area contributed by atoms with Crippen LogP contribution in [0.5, 0.6) is 5.75 Å². The van der Waals surface area contributed by atoms with Crippen LogP contribution in [0.25, 0.3) is 0 Å². The summed E-state index contributed by atoms with van der Waals surface area (Å²) in [6.07, 6.45) is 1.82. The molecular weight excluding hydrogens is 477 g/mol. The minimum absolute atomic E-state index is 0. The van der Waals surface area contributed by atoms with E-state index in [9.17, 15) is 13.9 Å². The second-order valence-electron chi connectivity index (χ2n) is 6.60. The first-order chi connectivity index (χ1) is 13.0. The van der Waals surface area contributed by atoms with Crippen LogP contribution in [-0.2, 0) is 6.54 Å². The predicted molar refractivity (Wildman–Crippen MR) is 118 cm³/mol. The molecule has 0 amide bonds. The number of halogens is 3. The highest BCUT2D eigenvalue weighted by Crippen LogP contribution is 2.21. The zero-order valence-electron chi connectivity index (χ0n) is 15.7. The number of aliphatic imine (C=N–C) groups is 1. The van der Waals surface area contributed by atoms with Crippen LogP contribution < -0.4 is 15.5 Å². The molecule has 3 N–H and O–H groups in total. The van der Waals surface area contributed by atoms with Crippen molar-refractivity contribution < 1.29 is 13.9 Å². The Hall–Kier alpha value is -2.10. The number of anilines is 1. The SMILES string of the molecule is CN=C(NCc1ccc(O)c(F)c1)NC1CCN(c2cccc(F)c2)CC1.I. The van der Waals surface area contributed by atoms with Crippen LogP contribution in [0.4, 0.5) is 14.5 Å². The van der Waals surface area contributed by atoms with Gasteiger partial charge in [0.15, 0.2) is 17.5 Å². The summed E-state index contributed by atoms with van der Waals surface area (Å²) in [5, 5.41) is 15.8. The average molecular weight is 502 g/mol. The van der Waals surface area contributed by atoms with Gasteiger partial charge in [0.25, 0.3) is 0 Å². The highest BCUT2D eigenvalue weighted by molar-refractivity contribution is 14.0. The number of benzene rings is 2. The summed E-state index contributed by atoms with van der Waals surface area (Å²) in [6.45, 7) is 2.07. The second-order valence-corrected chi connectivity index (χ2v) is 6.60. The van der Waals surface area contributed by atoms with E-state index in [1.807, 2.05) is 6.07 Å². The van der Waals surface area contributed by atoms with Crippen LogP contribution in [-0.4, -0.2) is 37.2 Å². The molecule has 2 aromatic rings. The van der Waals surface area contributed by atoms with Crippen molar-refractivity contribution in [3.8, 4) is 5.75 Å². The van der Waals surface area contributed by atoms with Crippen LogP contribution in [0, 0.1) is 11.6 Å². The number of rotatable bonds is 4. The maximum atomic E-state index is 13.4. The first kappa shape index (κ1) is 22.2. The quantitative estimate of drug-likeness (QED) is 0.340. The van der Waals surface area contributed by atoms with E-state index >= 15 is 0 Å². The molecule has 0 bridgehead atoms. The van der Waals surface area contributed by atoms with Crippen molar-refractivity contribution in [2.45, 2.75) is 25.4 Å². The van der Waals surface area contributed by atoms with Gasteiger partial charge in [-0.1, -0.05) is 12.1 Å². The van der Waals surface area contributed by atoms with Crippen LogP contribution in [0.2, 0.25) is 0 Å². The molecule has 0 saturated carbocycles. The number of phenols is 1. The van der Waals surface area contributed by atoms with Crippen molar-refractivity contribution in [2.75, 3.05) is 25.0 Å². The van der Waals surface area contributed by atoms with E-state index in [1.165, 1.54) is 18.2 Å². The molecule has 0 aromatic heterocycles. The molecule has 2 aromatic carbocycles. The minimum atomic E-state index is -0.637. The van der Waals surface area contributed by atoms with Crippen molar-refractivity contribution >= 4 is 35.6 Å². The minimum Gasteiger partial charge on any atom is -0.505 e. The summed E-state index contributed by atoms with van der Waals surface area (Å²) >= 11 is 0. The molecule has 28 heavy (non-hydrogen) atoms. The molecule has 8 heteroatoms. The number of guanidine groups is 1. The lowest BCUT2D eigenvalue weighted by molar-refractivity contribution is 0.431. The molecule has 1 heterocycles. The summed E-state index contributed by atoms with van der Waals surface area (Å²) in [6, 6.07) is 11.2. The molecule has 1 aliphatic heterocycles. The number of hydrogen-bond donors (Lipinski definition) is 3. The number of phenolic OH excluding ortho intramolecular Hbond substituents is 1. The molecule has 3 rings (SSSR count). The lowest BCUT2D eigenvalue weighted by Crippen LogP contribution is -2.48. The predicted octanol–water partition coefficient (Wildman–Crippen LogP) is 3.62. The lowest BCUT2D eigenvalue weighted by Gasteiger charge is -2.34. The molecule has 1 saturated heterocycles. The van der Waals surface area contributed by atoms with Gasteiger partial charge < -0.3 is 20.6 Å². The van der Waals surface area contributed by atoms with Gasteiger partial charge in [-0.15, -0.1) is 24.0 Å². The van der Waals surface area contributed by atoms with Gasteiger partial charge in [-0.05, 0) is 48.7 Å². The van der Waals surface area contributed by atoms with Crippen molar-refractivity contribution in [3.05, 3.63) is 59.7 Å². The van der Waals surface area contributed by atoms with Crippen LogP contribution in [0.3, 0.4) is 0 Å². The van der Waals surface area contributed by atoms with Gasteiger partial charge in [0.1, 0.15) is 5.82 Å². The molecule has 0 spiro atoms. The van der Waals surface area contributed by atoms with Gasteiger partial charge in [0.2, 0.25) is 0 Å². The fraction of sp³-hybridized carbons (Fsp3) is 0.350. The van der Waals surface area contributed by atoms with Gasteiger partial charge in [-0.3, -0.25) is 4.99 Å². The Balaban J connectivity index is 0.00000280. The average Bonchev–Trinajstić information content (AvgIpc) is 2.68. The Morgan fingerprint density at radius 2 is 1.93 bits per heavy atom. The molecule has 1 aliphatic rings. The normalized spacial score (nSPS) is 15.1. The van der Waals surface area contributed by atoms with E-state index in [1.54, 1.807) is 25.2 Å². The topological polar surface area (TPSA) is 59.9 Å². The summed E-state index contributed by atoms with van der Waals surface area (Å²) in [5.74, 6) is -0.566. The Morgan fingerprint density at radius 1 is 1.18 bits per heavy atom. The molecule has 152 valence electrons.